The molecule has 2 aliphatic heterocycles. The lowest BCUT2D eigenvalue weighted by Gasteiger charge is -2.30. The number of carbonyl (C=O) groups excluding carboxylic acids is 6. The summed E-state index contributed by atoms with van der Waals surface area (Å²) in [4.78, 5) is 84.6. The van der Waals surface area contributed by atoms with Gasteiger partial charge in [-0.3, -0.25) is 28.8 Å². The molecule has 46 heavy (non-hydrogen) atoms. The van der Waals surface area contributed by atoms with Crippen molar-refractivity contribution >= 4 is 35.4 Å². The number of benzene rings is 1. The first-order valence-corrected chi connectivity index (χ1v) is 15.5. The molecule has 0 aliphatic carbocycles. The van der Waals surface area contributed by atoms with Crippen molar-refractivity contribution in [3.8, 4) is 0 Å². The van der Waals surface area contributed by atoms with E-state index in [-0.39, 0.29) is 31.7 Å². The van der Waals surface area contributed by atoms with Crippen LogP contribution in [0.5, 0.6) is 0 Å². The van der Waals surface area contributed by atoms with Gasteiger partial charge in [-0.05, 0) is 44.2 Å². The highest BCUT2D eigenvalue weighted by atomic mass is 16.3. The molecule has 14 heteroatoms. The fourth-order valence-corrected chi connectivity index (χ4v) is 5.80. The smallest absolute Gasteiger partial charge is 0.253 e. The van der Waals surface area contributed by atoms with Crippen LogP contribution in [0, 0.1) is 12.8 Å². The molecule has 0 radical (unpaired) electrons. The SMILES string of the molecule is Cc1[nH]ccc1C(=O)N[C@H]1C[C@H]2C(=O)N[C@@H](C)C(=O)N[C@H](c3ccccc3)CC(=O)N[C@@H](CC(C)C)C(=O)N[C@@H](CO)C(=O)N2C1. The molecule has 0 unspecified atom stereocenters. The number of rotatable bonds is 6. The van der Waals surface area contributed by atoms with E-state index >= 15 is 0 Å². The monoisotopic (exact) mass is 637 g/mol. The highest BCUT2D eigenvalue weighted by Crippen LogP contribution is 2.22. The number of aromatic nitrogens is 1. The van der Waals surface area contributed by atoms with Crippen LogP contribution < -0.4 is 26.6 Å². The molecular formula is C32H43N7O7. The first kappa shape index (κ1) is 34.2. The fourth-order valence-electron chi connectivity index (χ4n) is 5.80. The second-order valence-electron chi connectivity index (χ2n) is 12.3. The zero-order chi connectivity index (χ0) is 33.5. The number of aryl methyl sites for hydroxylation is 1. The summed E-state index contributed by atoms with van der Waals surface area (Å²) in [6.45, 7) is 6.12. The number of nitrogens with zero attached hydrogens (tertiary/aromatic N) is 1. The van der Waals surface area contributed by atoms with Crippen molar-refractivity contribution in [2.75, 3.05) is 13.2 Å². The molecule has 0 bridgehead atoms. The maximum atomic E-state index is 13.8. The van der Waals surface area contributed by atoms with Gasteiger partial charge in [0.05, 0.1) is 24.6 Å². The number of fused-ring (bicyclic) bond motifs is 1. The Morgan fingerprint density at radius 1 is 0.957 bits per heavy atom. The van der Waals surface area contributed by atoms with Crippen LogP contribution in [0.3, 0.4) is 0 Å². The number of aliphatic hydroxyl groups is 1. The Bertz CT molecular complexity index is 1440. The van der Waals surface area contributed by atoms with Crippen molar-refractivity contribution in [2.45, 2.75) is 83.2 Å². The van der Waals surface area contributed by atoms with Crippen molar-refractivity contribution < 1.29 is 33.9 Å². The summed E-state index contributed by atoms with van der Waals surface area (Å²) in [5.74, 6) is -3.55. The topological polar surface area (TPSA) is 202 Å². The van der Waals surface area contributed by atoms with Crippen LogP contribution in [0.2, 0.25) is 0 Å². The summed E-state index contributed by atoms with van der Waals surface area (Å²) in [7, 11) is 0. The van der Waals surface area contributed by atoms with E-state index in [4.69, 9.17) is 0 Å². The molecule has 0 spiro atoms. The number of amides is 6. The molecule has 2 aliphatic rings. The van der Waals surface area contributed by atoms with Gasteiger partial charge in [-0.15, -0.1) is 0 Å². The van der Waals surface area contributed by atoms with Gasteiger partial charge in [0.1, 0.15) is 24.2 Å². The van der Waals surface area contributed by atoms with Crippen LogP contribution in [0.4, 0.5) is 0 Å². The van der Waals surface area contributed by atoms with E-state index in [1.165, 1.54) is 11.8 Å². The number of H-pyrrole nitrogens is 1. The second kappa shape index (κ2) is 15.0. The Labute approximate surface area is 267 Å². The van der Waals surface area contributed by atoms with E-state index < -0.39 is 78.3 Å². The first-order valence-electron chi connectivity index (χ1n) is 15.5. The van der Waals surface area contributed by atoms with E-state index in [1.54, 1.807) is 49.5 Å². The number of aliphatic hydroxyl groups excluding tert-OH is 1. The van der Waals surface area contributed by atoms with Crippen molar-refractivity contribution in [3.63, 3.8) is 0 Å². The molecule has 2 aromatic rings. The zero-order valence-electron chi connectivity index (χ0n) is 26.5. The lowest BCUT2D eigenvalue weighted by atomic mass is 10.00. The molecule has 6 amide bonds. The highest BCUT2D eigenvalue weighted by Gasteiger charge is 2.43. The molecule has 2 saturated heterocycles. The van der Waals surface area contributed by atoms with Crippen LogP contribution in [0.15, 0.2) is 42.6 Å². The lowest BCUT2D eigenvalue weighted by Crippen LogP contribution is -2.59. The minimum Gasteiger partial charge on any atom is -0.394 e. The largest absolute Gasteiger partial charge is 0.394 e. The van der Waals surface area contributed by atoms with Gasteiger partial charge >= 0.3 is 0 Å². The van der Waals surface area contributed by atoms with Gasteiger partial charge in [0.25, 0.3) is 5.91 Å². The van der Waals surface area contributed by atoms with Crippen LogP contribution in [-0.2, 0) is 24.0 Å². The Kier molecular flexibility index (Phi) is 11.2. The molecule has 0 saturated carbocycles. The summed E-state index contributed by atoms with van der Waals surface area (Å²) in [5.41, 5.74) is 1.71. The van der Waals surface area contributed by atoms with Crippen LogP contribution in [0.1, 0.15) is 67.7 Å². The number of hydrogen-bond donors (Lipinski definition) is 7. The second-order valence-corrected chi connectivity index (χ2v) is 12.3. The molecule has 3 heterocycles. The van der Waals surface area contributed by atoms with Crippen LogP contribution in [-0.4, -0.2) is 93.8 Å². The number of aromatic amines is 1. The average Bonchev–Trinajstić information content (AvgIpc) is 3.64. The number of nitrogens with one attached hydrogen (secondary N) is 6. The van der Waals surface area contributed by atoms with E-state index in [9.17, 15) is 33.9 Å². The van der Waals surface area contributed by atoms with E-state index in [0.717, 1.165) is 0 Å². The standard InChI is InChI=1S/C32H43N7O7/c1-17(2)12-24-30(44)38-25(16-40)32(46)39-15-21(35-29(43)22-10-11-33-18(22)3)13-26(39)31(45)34-19(4)28(42)37-23(14-27(41)36-24)20-8-6-5-7-9-20/h5-11,17,19,21,23-26,33,40H,12-16H2,1-4H3,(H,34,45)(H,35,43)(H,36,41)(H,37,42)(H,38,44)/t19-,21-,23-,24-,25-,26-/m0/s1. The van der Waals surface area contributed by atoms with Gasteiger partial charge < -0.3 is 41.6 Å². The summed E-state index contributed by atoms with van der Waals surface area (Å²) < 4.78 is 0. The van der Waals surface area contributed by atoms with Gasteiger partial charge in [0, 0.05) is 24.5 Å². The van der Waals surface area contributed by atoms with E-state index in [1.807, 2.05) is 13.8 Å². The van der Waals surface area contributed by atoms with Crippen molar-refractivity contribution in [1.29, 1.82) is 0 Å². The van der Waals surface area contributed by atoms with E-state index in [2.05, 4.69) is 31.6 Å². The molecular weight excluding hydrogens is 594 g/mol. The van der Waals surface area contributed by atoms with Crippen LogP contribution >= 0.6 is 0 Å². The Morgan fingerprint density at radius 2 is 1.67 bits per heavy atom. The highest BCUT2D eigenvalue weighted by molar-refractivity contribution is 5.98. The minimum atomic E-state index is -1.43. The van der Waals surface area contributed by atoms with E-state index in [0.29, 0.717) is 16.8 Å². The molecule has 7 N–H and O–H groups in total. The summed E-state index contributed by atoms with van der Waals surface area (Å²) in [6, 6.07) is 4.43. The Balaban J connectivity index is 1.66. The number of hydrogen-bond acceptors (Lipinski definition) is 7. The molecule has 1 aromatic heterocycles. The third-order valence-electron chi connectivity index (χ3n) is 8.24. The molecule has 2 fully saturated rings. The van der Waals surface area contributed by atoms with Gasteiger partial charge in [-0.2, -0.15) is 0 Å². The predicted molar refractivity (Wildman–Crippen MR) is 167 cm³/mol. The van der Waals surface area contributed by atoms with Crippen molar-refractivity contribution in [2.24, 2.45) is 5.92 Å². The normalized spacial score (nSPS) is 26.6. The Hall–Kier alpha value is -4.72. The quantitative estimate of drug-likeness (QED) is 0.227. The maximum absolute atomic E-state index is 13.8. The molecule has 14 nitrogen and oxygen atoms in total. The van der Waals surface area contributed by atoms with Gasteiger partial charge in [-0.25, -0.2) is 0 Å². The molecule has 1 aromatic carbocycles. The van der Waals surface area contributed by atoms with Crippen LogP contribution in [0.25, 0.3) is 0 Å². The van der Waals surface area contributed by atoms with Crippen molar-refractivity contribution in [3.05, 3.63) is 59.4 Å². The third kappa shape index (κ3) is 8.30. The summed E-state index contributed by atoms with van der Waals surface area (Å²) >= 11 is 0. The fraction of sp³-hybridized carbons (Fsp3) is 0.500. The molecule has 4 rings (SSSR count). The van der Waals surface area contributed by atoms with Gasteiger partial charge in [-0.1, -0.05) is 44.2 Å². The Morgan fingerprint density at radius 3 is 2.30 bits per heavy atom. The minimum absolute atomic E-state index is 0.0184. The lowest BCUT2D eigenvalue weighted by molar-refractivity contribution is -0.143. The summed E-state index contributed by atoms with van der Waals surface area (Å²) in [6.07, 6.45) is 1.70. The number of carbonyl (C=O) groups is 6. The van der Waals surface area contributed by atoms with Gasteiger partial charge in [0.15, 0.2) is 0 Å². The van der Waals surface area contributed by atoms with Gasteiger partial charge in [0.2, 0.25) is 29.5 Å². The third-order valence-corrected chi connectivity index (χ3v) is 8.24. The average molecular weight is 638 g/mol. The first-order chi connectivity index (χ1) is 21.9. The zero-order valence-corrected chi connectivity index (χ0v) is 26.5. The maximum Gasteiger partial charge on any atom is 0.253 e. The molecule has 6 atom stereocenters. The summed E-state index contributed by atoms with van der Waals surface area (Å²) in [5, 5.41) is 23.8. The molecule has 248 valence electrons. The predicted octanol–water partition coefficient (Wildman–Crippen LogP) is -0.204. The van der Waals surface area contributed by atoms with Crippen molar-refractivity contribution in [1.82, 2.24) is 36.5 Å².